The van der Waals surface area contributed by atoms with Crippen LogP contribution in [0.15, 0.2) is 24.3 Å². The highest BCUT2D eigenvalue weighted by molar-refractivity contribution is 5.77. The Morgan fingerprint density at radius 1 is 0.475 bits per heavy atom. The Balaban J connectivity index is 4.48. The van der Waals surface area contributed by atoms with Crippen LogP contribution in [0.4, 0.5) is 0 Å². The van der Waals surface area contributed by atoms with Crippen molar-refractivity contribution in [1.29, 1.82) is 0 Å². The van der Waals surface area contributed by atoms with E-state index in [1.807, 2.05) is 0 Å². The van der Waals surface area contributed by atoms with E-state index in [0.29, 0.717) is 19.3 Å². The third kappa shape index (κ3) is 42.8. The molecule has 0 spiro atoms. The molecule has 1 amide bonds. The van der Waals surface area contributed by atoms with Gasteiger partial charge in [0.2, 0.25) is 5.91 Å². The minimum atomic E-state index is -0.792. The van der Waals surface area contributed by atoms with Gasteiger partial charge < -0.3 is 20.3 Å². The summed E-state index contributed by atoms with van der Waals surface area (Å²) in [5.74, 6) is -0.504. The Labute approximate surface area is 367 Å². The molecule has 6 heteroatoms. The van der Waals surface area contributed by atoms with Crippen molar-refractivity contribution in [3.63, 3.8) is 0 Å². The van der Waals surface area contributed by atoms with Crippen molar-refractivity contribution in [3.8, 4) is 0 Å². The molecule has 0 aliphatic carbocycles. The van der Waals surface area contributed by atoms with Crippen molar-refractivity contribution in [3.05, 3.63) is 24.3 Å². The van der Waals surface area contributed by atoms with E-state index in [2.05, 4.69) is 50.4 Å². The molecule has 0 saturated heterocycles. The van der Waals surface area contributed by atoms with Crippen molar-refractivity contribution in [2.24, 2.45) is 0 Å². The Morgan fingerprint density at radius 2 is 0.831 bits per heavy atom. The molecule has 0 rings (SSSR count). The van der Waals surface area contributed by atoms with Gasteiger partial charge in [0.15, 0.2) is 0 Å². The zero-order chi connectivity index (χ0) is 43.1. The summed E-state index contributed by atoms with van der Waals surface area (Å²) in [6.07, 6.45) is 53.9. The Kier molecular flexibility index (Phi) is 46.1. The van der Waals surface area contributed by atoms with Gasteiger partial charge in [-0.1, -0.05) is 218 Å². The number of rotatable bonds is 47. The molecule has 0 saturated carbocycles. The average Bonchev–Trinajstić information content (AvgIpc) is 3.23. The number of carbonyl (C=O) groups excluding carboxylic acids is 2. The van der Waals surface area contributed by atoms with E-state index in [9.17, 15) is 19.8 Å². The Morgan fingerprint density at radius 3 is 1.27 bits per heavy atom. The summed E-state index contributed by atoms with van der Waals surface area (Å²) in [5.41, 5.74) is 0. The van der Waals surface area contributed by atoms with Crippen LogP contribution in [-0.2, 0) is 14.3 Å². The van der Waals surface area contributed by atoms with Crippen LogP contribution in [0.2, 0.25) is 0 Å². The topological polar surface area (TPSA) is 95.9 Å². The highest BCUT2D eigenvalue weighted by Gasteiger charge is 2.24. The lowest BCUT2D eigenvalue weighted by Gasteiger charge is -2.24. The standard InChI is InChI=1S/C53H101NO5/c1-4-7-10-13-16-19-22-24-25-26-27-28-30-33-36-39-42-45-51(56)50(48-55)54-52(57)47-49(44-41-38-35-32-29-21-18-15-12-9-6-3)59-53(58)46-43-40-37-34-31-23-20-17-14-11-8-5-2/h17,20,32,35,49-51,55-56H,4-16,18-19,21-31,33-34,36-48H2,1-3H3,(H,54,57)/b20-17-,35-32-. The maximum Gasteiger partial charge on any atom is 0.306 e. The molecule has 3 N–H and O–H groups in total. The quantitative estimate of drug-likeness (QED) is 0.0322. The van der Waals surface area contributed by atoms with E-state index in [1.54, 1.807) is 0 Å². The van der Waals surface area contributed by atoms with Gasteiger partial charge in [-0.3, -0.25) is 9.59 Å². The first-order valence-corrected chi connectivity index (χ1v) is 26.1. The van der Waals surface area contributed by atoms with Gasteiger partial charge in [-0.05, 0) is 70.6 Å². The molecule has 0 aromatic carbocycles. The largest absolute Gasteiger partial charge is 0.462 e. The number of amides is 1. The Bertz CT molecular complexity index is 935. The molecule has 0 radical (unpaired) electrons. The van der Waals surface area contributed by atoms with E-state index in [1.165, 1.54) is 173 Å². The van der Waals surface area contributed by atoms with Crippen LogP contribution in [0.5, 0.6) is 0 Å². The van der Waals surface area contributed by atoms with Gasteiger partial charge in [-0.2, -0.15) is 0 Å². The molecule has 0 fully saturated rings. The number of allylic oxidation sites excluding steroid dienone is 4. The molecule has 3 atom stereocenters. The number of unbranched alkanes of at least 4 members (excludes halogenated alkanes) is 31. The molecular formula is C53H101NO5. The lowest BCUT2D eigenvalue weighted by molar-refractivity contribution is -0.151. The van der Waals surface area contributed by atoms with Crippen LogP contribution in [0.3, 0.4) is 0 Å². The molecular weight excluding hydrogens is 731 g/mol. The van der Waals surface area contributed by atoms with Crippen LogP contribution < -0.4 is 5.32 Å². The summed E-state index contributed by atoms with van der Waals surface area (Å²) in [4.78, 5) is 26.1. The van der Waals surface area contributed by atoms with Crippen molar-refractivity contribution in [2.45, 2.75) is 296 Å². The summed E-state index contributed by atoms with van der Waals surface area (Å²) in [6, 6.07) is -0.707. The van der Waals surface area contributed by atoms with Gasteiger partial charge in [0, 0.05) is 6.42 Å². The normalized spacial score (nSPS) is 13.4. The smallest absolute Gasteiger partial charge is 0.306 e. The van der Waals surface area contributed by atoms with E-state index in [4.69, 9.17) is 4.74 Å². The van der Waals surface area contributed by atoms with Crippen molar-refractivity contribution in [2.75, 3.05) is 6.61 Å². The summed E-state index contributed by atoms with van der Waals surface area (Å²) >= 11 is 0. The van der Waals surface area contributed by atoms with Gasteiger partial charge >= 0.3 is 5.97 Å². The molecule has 59 heavy (non-hydrogen) atoms. The van der Waals surface area contributed by atoms with Gasteiger partial charge in [-0.15, -0.1) is 0 Å². The number of hydrogen-bond acceptors (Lipinski definition) is 5. The summed E-state index contributed by atoms with van der Waals surface area (Å²) in [6.45, 7) is 6.46. The van der Waals surface area contributed by atoms with Crippen molar-refractivity contribution >= 4 is 11.9 Å². The lowest BCUT2D eigenvalue weighted by Crippen LogP contribution is -2.46. The van der Waals surface area contributed by atoms with E-state index in [0.717, 1.165) is 57.8 Å². The number of aliphatic hydroxyl groups excluding tert-OH is 2. The second kappa shape index (κ2) is 47.4. The number of carbonyl (C=O) groups is 2. The minimum absolute atomic E-state index is 0.0571. The molecule has 0 bridgehead atoms. The van der Waals surface area contributed by atoms with E-state index < -0.39 is 18.2 Å². The van der Waals surface area contributed by atoms with E-state index >= 15 is 0 Å². The fraction of sp³-hybridized carbons (Fsp3) is 0.887. The number of esters is 1. The van der Waals surface area contributed by atoms with Crippen LogP contribution in [0, 0.1) is 0 Å². The fourth-order valence-corrected chi connectivity index (χ4v) is 8.01. The number of ether oxygens (including phenoxy) is 1. The average molecular weight is 832 g/mol. The van der Waals surface area contributed by atoms with Gasteiger partial charge in [0.1, 0.15) is 6.10 Å². The van der Waals surface area contributed by atoms with E-state index in [-0.39, 0.29) is 24.9 Å². The Hall–Kier alpha value is -1.66. The molecule has 0 aliphatic heterocycles. The highest BCUT2D eigenvalue weighted by Crippen LogP contribution is 2.17. The fourth-order valence-electron chi connectivity index (χ4n) is 8.01. The number of hydrogen-bond donors (Lipinski definition) is 3. The van der Waals surface area contributed by atoms with Crippen molar-refractivity contribution in [1.82, 2.24) is 5.32 Å². The maximum atomic E-state index is 13.2. The first-order valence-electron chi connectivity index (χ1n) is 26.1. The predicted molar refractivity (Wildman–Crippen MR) is 255 cm³/mol. The van der Waals surface area contributed by atoms with Gasteiger partial charge in [-0.25, -0.2) is 0 Å². The third-order valence-corrected chi connectivity index (χ3v) is 12.0. The van der Waals surface area contributed by atoms with Gasteiger partial charge in [0.25, 0.3) is 0 Å². The summed E-state index contributed by atoms with van der Waals surface area (Å²) in [7, 11) is 0. The third-order valence-electron chi connectivity index (χ3n) is 12.0. The number of aliphatic hydroxyl groups is 2. The second-order valence-corrected chi connectivity index (χ2v) is 17.9. The molecule has 0 aliphatic rings. The van der Waals surface area contributed by atoms with Crippen LogP contribution in [0.25, 0.3) is 0 Å². The summed E-state index contributed by atoms with van der Waals surface area (Å²) < 4.78 is 5.90. The molecule has 3 unspecified atom stereocenters. The molecule has 348 valence electrons. The SMILES string of the molecule is CCCCC/C=C\CCCCCCCC(=O)OC(CCC/C=C\CCCCCCCC)CC(=O)NC(CO)C(O)CCCCCCCCCCCCCCCCCCC. The molecule has 6 nitrogen and oxygen atoms in total. The first-order chi connectivity index (χ1) is 29.0. The molecule has 0 aromatic rings. The maximum absolute atomic E-state index is 13.2. The highest BCUT2D eigenvalue weighted by atomic mass is 16.5. The van der Waals surface area contributed by atoms with Crippen LogP contribution in [0.1, 0.15) is 278 Å². The summed E-state index contributed by atoms with van der Waals surface area (Å²) in [5, 5.41) is 23.8. The molecule has 0 aromatic heterocycles. The zero-order valence-electron chi connectivity index (χ0n) is 39.7. The minimum Gasteiger partial charge on any atom is -0.462 e. The monoisotopic (exact) mass is 832 g/mol. The van der Waals surface area contributed by atoms with Crippen molar-refractivity contribution < 1.29 is 24.5 Å². The predicted octanol–water partition coefficient (Wildman–Crippen LogP) is 15.5. The first kappa shape index (κ1) is 57.3. The second-order valence-electron chi connectivity index (χ2n) is 17.9. The lowest BCUT2D eigenvalue weighted by atomic mass is 10.0. The zero-order valence-corrected chi connectivity index (χ0v) is 39.7. The number of nitrogens with one attached hydrogen (secondary N) is 1. The van der Waals surface area contributed by atoms with Crippen LogP contribution >= 0.6 is 0 Å². The molecule has 0 heterocycles. The van der Waals surface area contributed by atoms with Gasteiger partial charge in [0.05, 0.1) is 25.2 Å². The van der Waals surface area contributed by atoms with Crippen LogP contribution in [-0.4, -0.2) is 46.9 Å².